The van der Waals surface area contributed by atoms with Gasteiger partial charge in [0.1, 0.15) is 11.2 Å². The first-order valence-corrected chi connectivity index (χ1v) is 14.5. The Kier molecular flexibility index (Phi) is 5.20. The Hall–Kier alpha value is -5.80. The molecule has 6 aromatic carbocycles. The summed E-state index contributed by atoms with van der Waals surface area (Å²) >= 11 is 0. The van der Waals surface area contributed by atoms with Crippen molar-refractivity contribution >= 4 is 54.3 Å². The maximum absolute atomic E-state index is 6.33. The first-order chi connectivity index (χ1) is 21.3. The second-order valence-electron chi connectivity index (χ2n) is 11.0. The molecule has 43 heavy (non-hydrogen) atoms. The first kappa shape index (κ1) is 23.9. The van der Waals surface area contributed by atoms with Gasteiger partial charge in [-0.05, 0) is 91.5 Å². The molecule has 3 heterocycles. The highest BCUT2D eigenvalue weighted by Crippen LogP contribution is 2.45. The van der Waals surface area contributed by atoms with Gasteiger partial charge in [0.25, 0.3) is 0 Å². The van der Waals surface area contributed by atoms with Crippen molar-refractivity contribution in [3.63, 3.8) is 0 Å². The number of benzene rings is 6. The maximum Gasteiger partial charge on any atom is 0.136 e. The lowest BCUT2D eigenvalue weighted by molar-refractivity contribution is 0.669. The number of fused-ring (bicyclic) bond motifs is 6. The minimum absolute atomic E-state index is 0.902. The molecule has 0 atom stereocenters. The summed E-state index contributed by atoms with van der Waals surface area (Å²) in [6.45, 7) is 0. The Balaban J connectivity index is 1.29. The third-order valence-corrected chi connectivity index (χ3v) is 8.59. The lowest BCUT2D eigenvalue weighted by Crippen LogP contribution is -1.92. The molecular weight excluding hydrogens is 524 g/mol. The molecule has 0 bridgehead atoms. The zero-order valence-electron chi connectivity index (χ0n) is 23.2. The highest BCUT2D eigenvalue weighted by atomic mass is 16.3. The molecule has 3 heteroatoms. The number of pyridine rings is 2. The van der Waals surface area contributed by atoms with Crippen molar-refractivity contribution in [2.45, 2.75) is 0 Å². The second-order valence-corrected chi connectivity index (χ2v) is 11.0. The number of hydrogen-bond donors (Lipinski definition) is 0. The molecule has 0 saturated carbocycles. The van der Waals surface area contributed by atoms with Crippen molar-refractivity contribution < 1.29 is 4.42 Å². The molecule has 0 aliphatic carbocycles. The normalized spacial score (nSPS) is 11.7. The molecule has 9 aromatic rings. The SMILES string of the molecule is c1ccc2cc3c(cc2c1)oc1ccc(-c2c4ccccc4c(-c4ccc(-c5ccncc5)nc4)c4ccccc24)cc13. The van der Waals surface area contributed by atoms with Crippen LogP contribution in [-0.2, 0) is 0 Å². The molecule has 0 saturated heterocycles. The van der Waals surface area contributed by atoms with Gasteiger partial charge in [0.15, 0.2) is 0 Å². The number of hydrogen-bond acceptors (Lipinski definition) is 3. The van der Waals surface area contributed by atoms with E-state index in [4.69, 9.17) is 9.40 Å². The fourth-order valence-corrected chi connectivity index (χ4v) is 6.60. The summed E-state index contributed by atoms with van der Waals surface area (Å²) in [5.74, 6) is 0. The van der Waals surface area contributed by atoms with Crippen LogP contribution in [0.15, 0.2) is 150 Å². The van der Waals surface area contributed by atoms with E-state index in [9.17, 15) is 0 Å². The van der Waals surface area contributed by atoms with Crippen LogP contribution < -0.4 is 0 Å². The molecule has 0 amide bonds. The van der Waals surface area contributed by atoms with Crippen LogP contribution in [0.25, 0.3) is 87.8 Å². The highest BCUT2D eigenvalue weighted by Gasteiger charge is 2.18. The van der Waals surface area contributed by atoms with Crippen LogP contribution in [0.4, 0.5) is 0 Å². The number of aromatic nitrogens is 2. The molecule has 0 fully saturated rings. The van der Waals surface area contributed by atoms with Crippen LogP contribution in [0.1, 0.15) is 0 Å². The van der Waals surface area contributed by atoms with E-state index in [1.54, 1.807) is 12.4 Å². The summed E-state index contributed by atoms with van der Waals surface area (Å²) < 4.78 is 6.33. The smallest absolute Gasteiger partial charge is 0.136 e. The lowest BCUT2D eigenvalue weighted by Gasteiger charge is -2.17. The van der Waals surface area contributed by atoms with Crippen molar-refractivity contribution in [3.8, 4) is 33.5 Å². The summed E-state index contributed by atoms with van der Waals surface area (Å²) in [6.07, 6.45) is 5.60. The fourth-order valence-electron chi connectivity index (χ4n) is 6.60. The molecule has 0 radical (unpaired) electrons. The minimum Gasteiger partial charge on any atom is -0.456 e. The van der Waals surface area contributed by atoms with Gasteiger partial charge in [0.2, 0.25) is 0 Å². The minimum atomic E-state index is 0.902. The van der Waals surface area contributed by atoms with E-state index < -0.39 is 0 Å². The molecule has 0 unspecified atom stereocenters. The standard InChI is InChI=1S/C40H24N2O/c1-2-8-27-23-38-35(21-26(27)7-1)34-22-28(14-16-37(34)43-38)39-30-9-3-5-11-32(30)40(33-12-6-4-10-31(33)39)29-13-15-36(42-24-29)25-17-19-41-20-18-25/h1-24H. The van der Waals surface area contributed by atoms with Crippen molar-refractivity contribution in [1.82, 2.24) is 9.97 Å². The number of furan rings is 1. The highest BCUT2D eigenvalue weighted by molar-refractivity contribution is 6.22. The Morgan fingerprint density at radius 2 is 1.00 bits per heavy atom. The lowest BCUT2D eigenvalue weighted by atomic mass is 9.86. The Morgan fingerprint density at radius 1 is 0.419 bits per heavy atom. The van der Waals surface area contributed by atoms with Crippen molar-refractivity contribution in [2.75, 3.05) is 0 Å². The molecule has 200 valence electrons. The predicted octanol–water partition coefficient (Wildman–Crippen LogP) is 10.8. The van der Waals surface area contributed by atoms with E-state index in [0.29, 0.717) is 0 Å². The zero-order valence-corrected chi connectivity index (χ0v) is 23.2. The van der Waals surface area contributed by atoms with Gasteiger partial charge in [-0.1, -0.05) is 84.9 Å². The van der Waals surface area contributed by atoms with Crippen LogP contribution in [0.2, 0.25) is 0 Å². The van der Waals surface area contributed by atoms with Crippen LogP contribution in [0.3, 0.4) is 0 Å². The number of rotatable bonds is 3. The quantitative estimate of drug-likeness (QED) is 0.206. The first-order valence-electron chi connectivity index (χ1n) is 14.5. The average molecular weight is 549 g/mol. The van der Waals surface area contributed by atoms with Crippen LogP contribution in [0, 0.1) is 0 Å². The molecule has 3 nitrogen and oxygen atoms in total. The summed E-state index contributed by atoms with van der Waals surface area (Å²) in [5, 5.41) is 9.51. The van der Waals surface area contributed by atoms with Crippen molar-refractivity contribution in [2.24, 2.45) is 0 Å². The van der Waals surface area contributed by atoms with Crippen LogP contribution in [-0.4, -0.2) is 9.97 Å². The van der Waals surface area contributed by atoms with E-state index in [1.807, 2.05) is 18.3 Å². The summed E-state index contributed by atoms with van der Waals surface area (Å²) in [5.41, 5.74) is 8.51. The largest absolute Gasteiger partial charge is 0.456 e. The maximum atomic E-state index is 6.33. The molecular formula is C40H24N2O. The third kappa shape index (κ3) is 3.75. The predicted molar refractivity (Wildman–Crippen MR) is 178 cm³/mol. The van der Waals surface area contributed by atoms with Gasteiger partial charge in [-0.2, -0.15) is 0 Å². The fraction of sp³-hybridized carbons (Fsp3) is 0. The van der Waals surface area contributed by atoms with Gasteiger partial charge in [-0.15, -0.1) is 0 Å². The van der Waals surface area contributed by atoms with E-state index in [-0.39, 0.29) is 0 Å². The second kappa shape index (κ2) is 9.37. The van der Waals surface area contributed by atoms with Gasteiger partial charge < -0.3 is 4.42 Å². The molecule has 0 aliphatic rings. The average Bonchev–Trinajstić information content (AvgIpc) is 3.43. The van der Waals surface area contributed by atoms with E-state index >= 15 is 0 Å². The van der Waals surface area contributed by atoms with Gasteiger partial charge in [-0.3, -0.25) is 9.97 Å². The van der Waals surface area contributed by atoms with E-state index in [1.165, 1.54) is 49.0 Å². The van der Waals surface area contributed by atoms with Gasteiger partial charge in [0.05, 0.1) is 5.69 Å². The third-order valence-electron chi connectivity index (χ3n) is 8.59. The molecule has 0 spiro atoms. The monoisotopic (exact) mass is 548 g/mol. The molecule has 9 rings (SSSR count). The van der Waals surface area contributed by atoms with Gasteiger partial charge in [0, 0.05) is 40.5 Å². The van der Waals surface area contributed by atoms with Crippen molar-refractivity contribution in [1.29, 1.82) is 0 Å². The molecule has 3 aromatic heterocycles. The summed E-state index contributed by atoms with van der Waals surface area (Å²) in [7, 11) is 0. The van der Waals surface area contributed by atoms with Crippen molar-refractivity contribution in [3.05, 3.63) is 146 Å². The van der Waals surface area contributed by atoms with Gasteiger partial charge >= 0.3 is 0 Å². The van der Waals surface area contributed by atoms with Gasteiger partial charge in [-0.25, -0.2) is 0 Å². The van der Waals surface area contributed by atoms with E-state index in [2.05, 4.69) is 120 Å². The van der Waals surface area contributed by atoms with E-state index in [0.717, 1.165) is 38.8 Å². The Bertz CT molecular complexity index is 2440. The molecule has 0 aliphatic heterocycles. The summed E-state index contributed by atoms with van der Waals surface area (Å²) in [6, 6.07) is 45.2. The van der Waals surface area contributed by atoms with Crippen LogP contribution in [0.5, 0.6) is 0 Å². The summed E-state index contributed by atoms with van der Waals surface area (Å²) in [4.78, 5) is 9.01. The Labute approximate surface area is 247 Å². The zero-order chi connectivity index (χ0) is 28.3. The topological polar surface area (TPSA) is 38.9 Å². The van der Waals surface area contributed by atoms with Crippen LogP contribution >= 0.6 is 0 Å². The molecule has 0 N–H and O–H groups in total. The Morgan fingerprint density at radius 3 is 1.65 bits per heavy atom. The number of nitrogens with zero attached hydrogens (tertiary/aromatic N) is 2.